The van der Waals surface area contributed by atoms with Crippen molar-refractivity contribution >= 4 is 28.9 Å². The number of esters is 1. The summed E-state index contributed by atoms with van der Waals surface area (Å²) < 4.78 is 26.2. The molecule has 2 aromatic carbocycles. The number of hydrogen-bond acceptors (Lipinski definition) is 10. The Labute approximate surface area is 188 Å². The Kier molecular flexibility index (Phi) is 7.38. The molecule has 0 fully saturated rings. The van der Waals surface area contributed by atoms with Gasteiger partial charge in [0.25, 0.3) is 5.69 Å². The normalized spacial score (nSPS) is 12.2. The van der Waals surface area contributed by atoms with Crippen molar-refractivity contribution in [3.05, 3.63) is 39.9 Å². The molecule has 2 N–H and O–H groups in total. The van der Waals surface area contributed by atoms with Crippen LogP contribution in [0.3, 0.4) is 0 Å². The number of methoxy groups -OCH3 is 3. The standard InChI is InChI=1S/C21H23N3O9/c1-29-16-7-12(21(26)31-3)13(8-17(16)30-2)22-11-20(25)23-14-9-18-19(10-15(14)24(27)28)33-6-4-5-32-18/h7-10,22H,4-6,11H2,1-3H3,(H,23,25). The van der Waals surface area contributed by atoms with Crippen LogP contribution >= 0.6 is 0 Å². The third kappa shape index (κ3) is 5.34. The highest BCUT2D eigenvalue weighted by molar-refractivity contribution is 5.99. The van der Waals surface area contributed by atoms with Gasteiger partial charge in [-0.2, -0.15) is 0 Å². The van der Waals surface area contributed by atoms with Gasteiger partial charge in [-0.25, -0.2) is 4.79 Å². The van der Waals surface area contributed by atoms with Gasteiger partial charge in [0, 0.05) is 24.6 Å². The van der Waals surface area contributed by atoms with Crippen LogP contribution in [0.1, 0.15) is 16.8 Å². The fourth-order valence-corrected chi connectivity index (χ4v) is 3.12. The molecular weight excluding hydrogens is 438 g/mol. The third-order valence-electron chi connectivity index (χ3n) is 4.71. The Morgan fingerprint density at radius 1 is 1.00 bits per heavy atom. The average molecular weight is 461 g/mol. The number of amides is 1. The Morgan fingerprint density at radius 3 is 2.24 bits per heavy atom. The number of carbonyl (C=O) groups is 2. The number of hydrogen-bond donors (Lipinski definition) is 2. The fourth-order valence-electron chi connectivity index (χ4n) is 3.12. The van der Waals surface area contributed by atoms with E-state index in [1.165, 1.54) is 45.6 Å². The molecule has 0 radical (unpaired) electrons. The molecule has 1 aliphatic heterocycles. The Bertz CT molecular complexity index is 1070. The molecule has 3 rings (SSSR count). The number of benzene rings is 2. The summed E-state index contributed by atoms with van der Waals surface area (Å²) in [6.07, 6.45) is 0.627. The first-order chi connectivity index (χ1) is 15.9. The molecule has 0 atom stereocenters. The van der Waals surface area contributed by atoms with Gasteiger partial charge in [-0.15, -0.1) is 0 Å². The van der Waals surface area contributed by atoms with Gasteiger partial charge in [-0.1, -0.05) is 0 Å². The fraction of sp³-hybridized carbons (Fsp3) is 0.333. The van der Waals surface area contributed by atoms with Gasteiger partial charge < -0.3 is 34.3 Å². The Hall–Kier alpha value is -4.22. The highest BCUT2D eigenvalue weighted by Gasteiger charge is 2.23. The quantitative estimate of drug-likeness (QED) is 0.341. The van der Waals surface area contributed by atoms with E-state index < -0.39 is 16.8 Å². The second kappa shape index (κ2) is 10.4. The molecule has 176 valence electrons. The zero-order chi connectivity index (χ0) is 24.0. The molecule has 0 saturated heterocycles. The lowest BCUT2D eigenvalue weighted by atomic mass is 10.1. The lowest BCUT2D eigenvalue weighted by molar-refractivity contribution is -0.384. The average Bonchev–Trinajstić information content (AvgIpc) is 3.05. The molecule has 2 aromatic rings. The van der Waals surface area contributed by atoms with Crippen LogP contribution in [0.25, 0.3) is 0 Å². The predicted octanol–water partition coefficient (Wildman–Crippen LogP) is 2.61. The van der Waals surface area contributed by atoms with Gasteiger partial charge in [0.1, 0.15) is 5.69 Å². The molecule has 0 unspecified atom stereocenters. The first-order valence-electron chi connectivity index (χ1n) is 9.84. The number of ether oxygens (including phenoxy) is 5. The molecule has 0 saturated carbocycles. The van der Waals surface area contributed by atoms with Crippen molar-refractivity contribution in [1.82, 2.24) is 0 Å². The van der Waals surface area contributed by atoms with E-state index in [1.807, 2.05) is 0 Å². The third-order valence-corrected chi connectivity index (χ3v) is 4.71. The minimum absolute atomic E-state index is 0.0449. The van der Waals surface area contributed by atoms with Crippen LogP contribution in [0.15, 0.2) is 24.3 Å². The predicted molar refractivity (Wildman–Crippen MR) is 117 cm³/mol. The van der Waals surface area contributed by atoms with E-state index in [4.69, 9.17) is 23.7 Å². The van der Waals surface area contributed by atoms with Crippen LogP contribution in [-0.2, 0) is 9.53 Å². The smallest absolute Gasteiger partial charge is 0.340 e. The lowest BCUT2D eigenvalue weighted by Gasteiger charge is -2.15. The first kappa shape index (κ1) is 23.4. The molecular formula is C21H23N3O9. The van der Waals surface area contributed by atoms with Crippen molar-refractivity contribution in [2.75, 3.05) is 51.7 Å². The number of nitrogens with zero attached hydrogens (tertiary/aromatic N) is 1. The van der Waals surface area contributed by atoms with Crippen molar-refractivity contribution in [3.63, 3.8) is 0 Å². The summed E-state index contributed by atoms with van der Waals surface area (Å²) in [5.41, 5.74) is -0.0159. The van der Waals surface area contributed by atoms with Gasteiger partial charge in [0.15, 0.2) is 23.0 Å². The van der Waals surface area contributed by atoms with Gasteiger partial charge in [0.05, 0.1) is 63.3 Å². The maximum absolute atomic E-state index is 12.6. The van der Waals surface area contributed by atoms with Crippen LogP contribution < -0.4 is 29.6 Å². The van der Waals surface area contributed by atoms with Gasteiger partial charge in [-0.05, 0) is 0 Å². The van der Waals surface area contributed by atoms with E-state index in [9.17, 15) is 19.7 Å². The molecule has 0 aliphatic carbocycles. The number of rotatable bonds is 8. The van der Waals surface area contributed by atoms with E-state index in [0.29, 0.717) is 36.9 Å². The highest BCUT2D eigenvalue weighted by atomic mass is 16.6. The van der Waals surface area contributed by atoms with E-state index in [1.54, 1.807) is 0 Å². The molecule has 33 heavy (non-hydrogen) atoms. The van der Waals surface area contributed by atoms with Crippen LogP contribution in [0, 0.1) is 10.1 Å². The monoisotopic (exact) mass is 461 g/mol. The van der Waals surface area contributed by atoms with Gasteiger partial charge in [0.2, 0.25) is 5.91 Å². The van der Waals surface area contributed by atoms with E-state index in [-0.39, 0.29) is 34.9 Å². The Balaban J connectivity index is 1.81. The molecule has 12 heteroatoms. The van der Waals surface area contributed by atoms with E-state index in [2.05, 4.69) is 10.6 Å². The number of nitro groups is 1. The molecule has 1 aliphatic rings. The minimum atomic E-state index is -0.655. The maximum Gasteiger partial charge on any atom is 0.340 e. The lowest BCUT2D eigenvalue weighted by Crippen LogP contribution is -2.23. The highest BCUT2D eigenvalue weighted by Crippen LogP contribution is 2.39. The minimum Gasteiger partial charge on any atom is -0.493 e. The summed E-state index contributed by atoms with van der Waals surface area (Å²) in [5.74, 6) is -0.0875. The SMILES string of the molecule is COC(=O)c1cc(OC)c(OC)cc1NCC(=O)Nc1cc2c(cc1[N+](=O)[O-])OCCCO2. The largest absolute Gasteiger partial charge is 0.493 e. The summed E-state index contributed by atoms with van der Waals surface area (Å²) in [6.45, 7) is 0.439. The van der Waals surface area contributed by atoms with Crippen molar-refractivity contribution in [1.29, 1.82) is 0 Å². The molecule has 1 amide bonds. The van der Waals surface area contributed by atoms with Gasteiger partial charge in [-0.3, -0.25) is 14.9 Å². The Morgan fingerprint density at radius 2 is 1.64 bits per heavy atom. The number of nitro benzene ring substituents is 1. The van der Waals surface area contributed by atoms with Crippen LogP contribution in [-0.4, -0.2) is 57.9 Å². The molecule has 12 nitrogen and oxygen atoms in total. The summed E-state index contributed by atoms with van der Waals surface area (Å²) >= 11 is 0. The number of nitrogens with one attached hydrogen (secondary N) is 2. The number of fused-ring (bicyclic) bond motifs is 1. The first-order valence-corrected chi connectivity index (χ1v) is 9.84. The zero-order valence-corrected chi connectivity index (χ0v) is 18.3. The number of anilines is 2. The van der Waals surface area contributed by atoms with Crippen LogP contribution in [0.2, 0.25) is 0 Å². The molecule has 1 heterocycles. The van der Waals surface area contributed by atoms with E-state index >= 15 is 0 Å². The molecule has 0 spiro atoms. The molecule has 0 aromatic heterocycles. The summed E-state index contributed by atoms with van der Waals surface area (Å²) in [7, 11) is 4.07. The second-order valence-electron chi connectivity index (χ2n) is 6.77. The summed E-state index contributed by atoms with van der Waals surface area (Å²) in [4.78, 5) is 35.6. The van der Waals surface area contributed by atoms with Crippen molar-refractivity contribution in [2.24, 2.45) is 0 Å². The maximum atomic E-state index is 12.6. The summed E-state index contributed by atoms with van der Waals surface area (Å²) in [5, 5.41) is 16.8. The van der Waals surface area contributed by atoms with Crippen LogP contribution in [0.5, 0.6) is 23.0 Å². The number of carbonyl (C=O) groups excluding carboxylic acids is 2. The van der Waals surface area contributed by atoms with Crippen molar-refractivity contribution in [2.45, 2.75) is 6.42 Å². The van der Waals surface area contributed by atoms with Crippen molar-refractivity contribution < 1.29 is 38.2 Å². The van der Waals surface area contributed by atoms with Gasteiger partial charge >= 0.3 is 5.97 Å². The molecule has 0 bridgehead atoms. The van der Waals surface area contributed by atoms with Crippen LogP contribution in [0.4, 0.5) is 17.1 Å². The topological polar surface area (TPSA) is 147 Å². The zero-order valence-electron chi connectivity index (χ0n) is 18.3. The second-order valence-corrected chi connectivity index (χ2v) is 6.77. The van der Waals surface area contributed by atoms with Crippen molar-refractivity contribution in [3.8, 4) is 23.0 Å². The summed E-state index contributed by atoms with van der Waals surface area (Å²) in [6, 6.07) is 5.47. The van der Waals surface area contributed by atoms with E-state index in [0.717, 1.165) is 0 Å².